The number of ether oxygens (including phenoxy) is 1. The first kappa shape index (κ1) is 20.9. The van der Waals surface area contributed by atoms with Crippen LogP contribution >= 0.6 is 0 Å². The van der Waals surface area contributed by atoms with Crippen molar-refractivity contribution in [3.63, 3.8) is 0 Å². The van der Waals surface area contributed by atoms with E-state index in [0.717, 1.165) is 0 Å². The third-order valence-corrected chi connectivity index (χ3v) is 6.52. The van der Waals surface area contributed by atoms with Gasteiger partial charge in [-0.05, 0) is 25.1 Å². The number of anilines is 1. The lowest BCUT2D eigenvalue weighted by molar-refractivity contribution is -0.385. The first-order chi connectivity index (χ1) is 13.8. The number of sulfonamides is 1. The van der Waals surface area contributed by atoms with E-state index in [2.05, 4.69) is 5.32 Å². The molecule has 0 atom stereocenters. The Morgan fingerprint density at radius 1 is 1.21 bits per heavy atom. The number of carbonyl (C=O) groups excluding carboxylic acids is 1. The molecule has 1 heterocycles. The molecule has 0 radical (unpaired) electrons. The van der Waals surface area contributed by atoms with Gasteiger partial charge < -0.3 is 10.1 Å². The molecule has 29 heavy (non-hydrogen) atoms. The van der Waals surface area contributed by atoms with Gasteiger partial charge in [0.1, 0.15) is 0 Å². The molecule has 9 nitrogen and oxygen atoms in total. The summed E-state index contributed by atoms with van der Waals surface area (Å²) in [6.07, 6.45) is 0. The molecule has 3 rings (SSSR count). The number of nitrogens with one attached hydrogen (secondary N) is 1. The summed E-state index contributed by atoms with van der Waals surface area (Å²) in [6, 6.07) is 10.5. The lowest BCUT2D eigenvalue weighted by atomic mass is 10.1. The highest BCUT2D eigenvalue weighted by Gasteiger charge is 2.26. The molecular weight excluding hydrogens is 398 g/mol. The smallest absolute Gasteiger partial charge is 0.274 e. The number of carbonyl (C=O) groups is 1. The van der Waals surface area contributed by atoms with Crippen molar-refractivity contribution in [3.05, 3.63) is 63.7 Å². The number of hydrogen-bond acceptors (Lipinski definition) is 7. The maximum Gasteiger partial charge on any atom is 0.274 e. The maximum absolute atomic E-state index is 12.8. The van der Waals surface area contributed by atoms with Crippen molar-refractivity contribution in [2.45, 2.75) is 11.8 Å². The van der Waals surface area contributed by atoms with Crippen LogP contribution < -0.4 is 5.32 Å². The maximum atomic E-state index is 12.8. The summed E-state index contributed by atoms with van der Waals surface area (Å²) in [5, 5.41) is 13.9. The Bertz CT molecular complexity index is 1030. The van der Waals surface area contributed by atoms with Gasteiger partial charge in [0.15, 0.2) is 5.78 Å². The fraction of sp³-hybridized carbons (Fsp3) is 0.316. The molecule has 1 fully saturated rings. The molecule has 1 aliphatic heterocycles. The van der Waals surface area contributed by atoms with E-state index >= 15 is 0 Å². The molecule has 0 aliphatic carbocycles. The first-order valence-electron chi connectivity index (χ1n) is 8.99. The quantitative estimate of drug-likeness (QED) is 0.415. The van der Waals surface area contributed by atoms with Crippen LogP contribution in [0.3, 0.4) is 0 Å². The zero-order valence-electron chi connectivity index (χ0n) is 15.8. The highest BCUT2D eigenvalue weighted by molar-refractivity contribution is 7.89. The van der Waals surface area contributed by atoms with E-state index in [9.17, 15) is 23.3 Å². The molecule has 1 saturated heterocycles. The summed E-state index contributed by atoms with van der Waals surface area (Å²) in [5.41, 5.74) is 1.16. The molecule has 1 N–H and O–H groups in total. The van der Waals surface area contributed by atoms with Crippen molar-refractivity contribution in [2.75, 3.05) is 38.2 Å². The van der Waals surface area contributed by atoms with E-state index in [1.165, 1.54) is 28.6 Å². The molecule has 0 aromatic heterocycles. The number of hydrogen-bond donors (Lipinski definition) is 1. The fourth-order valence-corrected chi connectivity index (χ4v) is 4.42. The predicted molar refractivity (Wildman–Crippen MR) is 107 cm³/mol. The van der Waals surface area contributed by atoms with Crippen LogP contribution in [0.5, 0.6) is 0 Å². The van der Waals surface area contributed by atoms with Crippen molar-refractivity contribution in [1.82, 2.24) is 4.31 Å². The van der Waals surface area contributed by atoms with E-state index in [4.69, 9.17) is 4.74 Å². The Morgan fingerprint density at radius 2 is 1.93 bits per heavy atom. The standard InChI is InChI=1S/C19H21N3O6S/c1-14-5-6-16(12-18(14)22(24)25)20-13-19(23)15-3-2-4-17(11-15)29(26,27)21-7-9-28-10-8-21/h2-6,11-12,20H,7-10,13H2,1H3. The second-order valence-corrected chi connectivity index (χ2v) is 8.52. The van der Waals surface area contributed by atoms with E-state index in [1.54, 1.807) is 25.1 Å². The second-order valence-electron chi connectivity index (χ2n) is 6.58. The Morgan fingerprint density at radius 3 is 2.62 bits per heavy atom. The Labute approximate surface area is 168 Å². The van der Waals surface area contributed by atoms with Gasteiger partial charge in [-0.15, -0.1) is 0 Å². The van der Waals surface area contributed by atoms with Gasteiger partial charge in [-0.3, -0.25) is 14.9 Å². The van der Waals surface area contributed by atoms with Crippen LogP contribution in [0.2, 0.25) is 0 Å². The highest BCUT2D eigenvalue weighted by Crippen LogP contribution is 2.23. The normalized spacial score (nSPS) is 15.1. The fourth-order valence-electron chi connectivity index (χ4n) is 2.97. The molecule has 10 heteroatoms. The SMILES string of the molecule is Cc1ccc(NCC(=O)c2cccc(S(=O)(=O)N3CCOCC3)c2)cc1[N+](=O)[O-]. The lowest BCUT2D eigenvalue weighted by Crippen LogP contribution is -2.40. The summed E-state index contributed by atoms with van der Waals surface area (Å²) in [4.78, 5) is 23.1. The molecule has 0 unspecified atom stereocenters. The van der Waals surface area contributed by atoms with Gasteiger partial charge in [0, 0.05) is 36.0 Å². The highest BCUT2D eigenvalue weighted by atomic mass is 32.2. The summed E-state index contributed by atoms with van der Waals surface area (Å²) in [5.74, 6) is -0.327. The number of rotatable bonds is 7. The van der Waals surface area contributed by atoms with Crippen molar-refractivity contribution in [3.8, 4) is 0 Å². The van der Waals surface area contributed by atoms with E-state index in [1.807, 2.05) is 0 Å². The summed E-state index contributed by atoms with van der Waals surface area (Å²) >= 11 is 0. The predicted octanol–water partition coefficient (Wildman–Crippen LogP) is 2.22. The summed E-state index contributed by atoms with van der Waals surface area (Å²) < 4.78 is 32.0. The van der Waals surface area contributed by atoms with Crippen molar-refractivity contribution in [2.24, 2.45) is 0 Å². The van der Waals surface area contributed by atoms with E-state index in [-0.39, 0.29) is 41.6 Å². The van der Waals surface area contributed by atoms with Crippen LogP contribution in [0.4, 0.5) is 11.4 Å². The molecule has 0 bridgehead atoms. The number of nitrogens with zero attached hydrogens (tertiary/aromatic N) is 2. The molecule has 2 aromatic carbocycles. The van der Waals surface area contributed by atoms with Gasteiger partial charge in [0.05, 0.1) is 29.6 Å². The van der Waals surface area contributed by atoms with Crippen molar-refractivity contribution in [1.29, 1.82) is 0 Å². The van der Waals surface area contributed by atoms with Crippen LogP contribution in [0.25, 0.3) is 0 Å². The third-order valence-electron chi connectivity index (χ3n) is 4.62. The minimum atomic E-state index is -3.70. The van der Waals surface area contributed by atoms with Crippen LogP contribution in [-0.2, 0) is 14.8 Å². The Hall–Kier alpha value is -2.82. The first-order valence-corrected chi connectivity index (χ1v) is 10.4. The average Bonchev–Trinajstić information content (AvgIpc) is 2.73. The Balaban J connectivity index is 1.73. The number of nitro groups is 1. The zero-order chi connectivity index (χ0) is 21.0. The number of benzene rings is 2. The monoisotopic (exact) mass is 419 g/mol. The summed E-state index contributed by atoms with van der Waals surface area (Å²) in [6.45, 7) is 2.73. The number of ketones is 1. The third kappa shape index (κ3) is 4.78. The van der Waals surface area contributed by atoms with Crippen LogP contribution in [0.15, 0.2) is 47.4 Å². The molecular formula is C19H21N3O6S. The van der Waals surface area contributed by atoms with Gasteiger partial charge in [0.2, 0.25) is 10.0 Å². The molecule has 0 amide bonds. The van der Waals surface area contributed by atoms with Gasteiger partial charge >= 0.3 is 0 Å². The average molecular weight is 419 g/mol. The molecule has 0 saturated carbocycles. The van der Waals surface area contributed by atoms with Crippen molar-refractivity contribution < 1.29 is 22.9 Å². The van der Waals surface area contributed by atoms with Gasteiger partial charge in [0.25, 0.3) is 5.69 Å². The lowest BCUT2D eigenvalue weighted by Gasteiger charge is -2.26. The van der Waals surface area contributed by atoms with Gasteiger partial charge in [-0.25, -0.2) is 8.42 Å². The molecule has 2 aromatic rings. The van der Waals surface area contributed by atoms with E-state index in [0.29, 0.717) is 24.5 Å². The van der Waals surface area contributed by atoms with Crippen molar-refractivity contribution >= 4 is 27.2 Å². The number of aryl methyl sites for hydroxylation is 1. The van der Waals surface area contributed by atoms with E-state index < -0.39 is 14.9 Å². The number of nitro benzene ring substituents is 1. The van der Waals surface area contributed by atoms with Crippen LogP contribution in [-0.4, -0.2) is 56.3 Å². The van der Waals surface area contributed by atoms with Crippen LogP contribution in [0.1, 0.15) is 15.9 Å². The summed E-state index contributed by atoms with van der Waals surface area (Å²) in [7, 11) is -3.70. The number of morpholine rings is 1. The molecule has 0 spiro atoms. The topological polar surface area (TPSA) is 119 Å². The minimum absolute atomic E-state index is 0.0407. The number of Topliss-reactive ketones (excluding diaryl/α,β-unsaturated/α-hetero) is 1. The largest absolute Gasteiger partial charge is 0.379 e. The van der Waals surface area contributed by atoms with Gasteiger partial charge in [-0.2, -0.15) is 4.31 Å². The second kappa shape index (κ2) is 8.68. The minimum Gasteiger partial charge on any atom is -0.379 e. The molecule has 1 aliphatic rings. The zero-order valence-corrected chi connectivity index (χ0v) is 16.6. The van der Waals surface area contributed by atoms with Gasteiger partial charge in [-0.1, -0.05) is 18.2 Å². The van der Waals surface area contributed by atoms with Crippen LogP contribution in [0, 0.1) is 17.0 Å². The Kier molecular flexibility index (Phi) is 6.26. The molecule has 154 valence electrons.